The molecule has 2 heterocycles. The fraction of sp³-hybridized carbons (Fsp3) is 0.600. The topological polar surface area (TPSA) is 49.0 Å². The van der Waals surface area contributed by atoms with Crippen LogP contribution in [0.4, 0.5) is 5.82 Å². The maximum atomic E-state index is 11.5. The first-order valence-corrected chi connectivity index (χ1v) is 7.21. The van der Waals surface area contributed by atoms with E-state index < -0.39 is 0 Å². The molecule has 0 aromatic carbocycles. The summed E-state index contributed by atoms with van der Waals surface area (Å²) in [6.07, 6.45) is 2.60. The van der Waals surface area contributed by atoms with E-state index in [1.165, 1.54) is 6.33 Å². The zero-order valence-electron chi connectivity index (χ0n) is 8.91. The van der Waals surface area contributed by atoms with E-state index >= 15 is 0 Å². The van der Waals surface area contributed by atoms with Crippen molar-refractivity contribution >= 4 is 44.3 Å². The third-order valence-electron chi connectivity index (χ3n) is 2.94. The zero-order valence-corrected chi connectivity index (χ0v) is 12.7. The number of hydrogen-bond acceptors (Lipinski definition) is 3. The maximum Gasteiger partial charge on any atom is 0.266 e. The van der Waals surface area contributed by atoms with E-state index in [0.717, 1.165) is 25.3 Å². The molecule has 0 saturated carbocycles. The van der Waals surface area contributed by atoms with Crippen molar-refractivity contribution in [2.75, 3.05) is 18.0 Å². The summed E-state index contributed by atoms with van der Waals surface area (Å²) in [6, 6.07) is 0. The van der Waals surface area contributed by atoms with E-state index in [0.29, 0.717) is 14.3 Å². The number of anilines is 1. The molecule has 0 radical (unpaired) electrons. The summed E-state index contributed by atoms with van der Waals surface area (Å²) in [7, 11) is 0. The van der Waals surface area contributed by atoms with Crippen LogP contribution in [0.25, 0.3) is 0 Å². The largest absolute Gasteiger partial charge is 0.354 e. The van der Waals surface area contributed by atoms with Gasteiger partial charge >= 0.3 is 0 Å². The van der Waals surface area contributed by atoms with E-state index in [2.05, 4.69) is 60.3 Å². The summed E-state index contributed by atoms with van der Waals surface area (Å²) in [4.78, 5) is 21.0. The predicted molar refractivity (Wildman–Crippen MR) is 76.3 cm³/mol. The van der Waals surface area contributed by atoms with Crippen molar-refractivity contribution in [3.05, 3.63) is 20.3 Å². The lowest BCUT2D eigenvalue weighted by Gasteiger charge is -2.35. The van der Waals surface area contributed by atoms with Gasteiger partial charge in [0.2, 0.25) is 0 Å². The molecule has 0 bridgehead atoms. The number of aromatic amines is 1. The van der Waals surface area contributed by atoms with Crippen molar-refractivity contribution in [1.29, 1.82) is 0 Å². The molecule has 1 saturated heterocycles. The minimum Gasteiger partial charge on any atom is -0.354 e. The first-order valence-electron chi connectivity index (χ1n) is 5.22. The quantitative estimate of drug-likeness (QED) is 0.582. The number of aromatic nitrogens is 2. The highest BCUT2D eigenvalue weighted by Crippen LogP contribution is 2.27. The molecule has 1 N–H and O–H groups in total. The minimum absolute atomic E-state index is 0.0599. The molecule has 1 aromatic rings. The minimum atomic E-state index is -0.0599. The SMILES string of the molecule is CC1CCN(c2nc[nH]c(=O)c2I)CC1Br. The molecule has 0 aliphatic carbocycles. The molecule has 1 aliphatic rings. The van der Waals surface area contributed by atoms with Crippen molar-refractivity contribution in [3.8, 4) is 0 Å². The Morgan fingerprint density at radius 3 is 3.12 bits per heavy atom. The van der Waals surface area contributed by atoms with Gasteiger partial charge in [0.25, 0.3) is 5.56 Å². The Bertz CT molecular complexity index is 436. The van der Waals surface area contributed by atoms with Crippen LogP contribution in [0, 0.1) is 9.49 Å². The zero-order chi connectivity index (χ0) is 11.7. The molecule has 16 heavy (non-hydrogen) atoms. The van der Waals surface area contributed by atoms with Gasteiger partial charge in [-0.05, 0) is 34.9 Å². The second kappa shape index (κ2) is 5.03. The van der Waals surface area contributed by atoms with Crippen LogP contribution in [-0.4, -0.2) is 27.9 Å². The molecule has 4 nitrogen and oxygen atoms in total. The van der Waals surface area contributed by atoms with Crippen LogP contribution in [0.2, 0.25) is 0 Å². The first-order chi connectivity index (χ1) is 7.59. The molecule has 88 valence electrons. The van der Waals surface area contributed by atoms with E-state index in [9.17, 15) is 4.79 Å². The smallest absolute Gasteiger partial charge is 0.266 e. The van der Waals surface area contributed by atoms with Gasteiger partial charge in [0.05, 0.1) is 6.33 Å². The van der Waals surface area contributed by atoms with E-state index in [1.807, 2.05) is 0 Å². The first kappa shape index (κ1) is 12.3. The Kier molecular flexibility index (Phi) is 3.89. The fourth-order valence-corrected chi connectivity index (χ4v) is 3.06. The van der Waals surface area contributed by atoms with Crippen molar-refractivity contribution in [3.63, 3.8) is 0 Å². The molecule has 0 amide bonds. The monoisotopic (exact) mass is 397 g/mol. The summed E-state index contributed by atoms with van der Waals surface area (Å²) in [5.41, 5.74) is -0.0599. The van der Waals surface area contributed by atoms with Crippen LogP contribution in [0.15, 0.2) is 11.1 Å². The summed E-state index contributed by atoms with van der Waals surface area (Å²) in [5, 5.41) is 0. The van der Waals surface area contributed by atoms with Gasteiger partial charge in [-0.15, -0.1) is 0 Å². The van der Waals surface area contributed by atoms with E-state index in [-0.39, 0.29) is 5.56 Å². The predicted octanol–water partition coefficient (Wildman–Crippen LogP) is 1.98. The summed E-state index contributed by atoms with van der Waals surface area (Å²) in [6.45, 7) is 4.12. The van der Waals surface area contributed by atoms with Crippen molar-refractivity contribution in [2.24, 2.45) is 5.92 Å². The second-order valence-corrected chi connectivity index (χ2v) is 6.35. The van der Waals surface area contributed by atoms with Crippen LogP contribution in [0.1, 0.15) is 13.3 Å². The highest BCUT2D eigenvalue weighted by Gasteiger charge is 2.26. The van der Waals surface area contributed by atoms with Crippen LogP contribution >= 0.6 is 38.5 Å². The third kappa shape index (κ3) is 2.42. The number of alkyl halides is 1. The Morgan fingerprint density at radius 1 is 1.69 bits per heavy atom. The lowest BCUT2D eigenvalue weighted by atomic mass is 9.99. The van der Waals surface area contributed by atoms with Crippen molar-refractivity contribution in [2.45, 2.75) is 18.2 Å². The van der Waals surface area contributed by atoms with Gasteiger partial charge in [0.15, 0.2) is 0 Å². The molecule has 1 aromatic heterocycles. The van der Waals surface area contributed by atoms with Gasteiger partial charge in [0, 0.05) is 17.9 Å². The van der Waals surface area contributed by atoms with Crippen LogP contribution < -0.4 is 10.5 Å². The van der Waals surface area contributed by atoms with Gasteiger partial charge in [-0.2, -0.15) is 0 Å². The fourth-order valence-electron chi connectivity index (χ4n) is 1.81. The number of halogens is 2. The molecule has 0 spiro atoms. The third-order valence-corrected chi connectivity index (χ3v) is 5.11. The Labute approximate surface area is 116 Å². The molecular weight excluding hydrogens is 385 g/mol. The lowest BCUT2D eigenvalue weighted by molar-refractivity contribution is 0.454. The van der Waals surface area contributed by atoms with Crippen LogP contribution in [0.5, 0.6) is 0 Å². The van der Waals surface area contributed by atoms with Gasteiger partial charge in [-0.1, -0.05) is 22.9 Å². The van der Waals surface area contributed by atoms with Gasteiger partial charge in [-0.25, -0.2) is 4.98 Å². The average Bonchev–Trinajstić information content (AvgIpc) is 2.26. The molecular formula is C10H13BrIN3O. The molecule has 1 fully saturated rings. The Balaban J connectivity index is 2.25. The van der Waals surface area contributed by atoms with E-state index in [4.69, 9.17) is 0 Å². The number of nitrogens with zero attached hydrogens (tertiary/aromatic N) is 2. The molecule has 1 aliphatic heterocycles. The normalized spacial score (nSPS) is 25.8. The van der Waals surface area contributed by atoms with Gasteiger partial charge in [0.1, 0.15) is 9.39 Å². The van der Waals surface area contributed by atoms with E-state index in [1.54, 1.807) is 0 Å². The lowest BCUT2D eigenvalue weighted by Crippen LogP contribution is -2.41. The maximum absolute atomic E-state index is 11.5. The van der Waals surface area contributed by atoms with Crippen LogP contribution in [0.3, 0.4) is 0 Å². The molecule has 2 unspecified atom stereocenters. The van der Waals surface area contributed by atoms with Crippen molar-refractivity contribution < 1.29 is 0 Å². The number of rotatable bonds is 1. The highest BCUT2D eigenvalue weighted by atomic mass is 127. The standard InChI is InChI=1S/C10H13BrIN3O/c1-6-2-3-15(4-7(6)11)9-8(12)10(16)14-5-13-9/h5-7H,2-4H2,1H3,(H,13,14,16). The van der Waals surface area contributed by atoms with Crippen LogP contribution in [-0.2, 0) is 0 Å². The van der Waals surface area contributed by atoms with Crippen molar-refractivity contribution in [1.82, 2.24) is 9.97 Å². The molecule has 2 atom stereocenters. The molecule has 6 heteroatoms. The second-order valence-electron chi connectivity index (χ2n) is 4.10. The number of hydrogen-bond donors (Lipinski definition) is 1. The Morgan fingerprint density at radius 2 is 2.44 bits per heavy atom. The summed E-state index contributed by atoms with van der Waals surface area (Å²) in [5.74, 6) is 1.48. The number of nitrogens with one attached hydrogen (secondary N) is 1. The Hall–Kier alpha value is -0.110. The van der Waals surface area contributed by atoms with Gasteiger partial charge < -0.3 is 9.88 Å². The summed E-state index contributed by atoms with van der Waals surface area (Å²) < 4.78 is 0.675. The highest BCUT2D eigenvalue weighted by molar-refractivity contribution is 14.1. The average molecular weight is 398 g/mol. The number of H-pyrrole nitrogens is 1. The van der Waals surface area contributed by atoms with Gasteiger partial charge in [-0.3, -0.25) is 4.79 Å². The number of piperidine rings is 1. The molecule has 2 rings (SSSR count). The summed E-state index contributed by atoms with van der Waals surface area (Å²) >= 11 is 5.73.